The van der Waals surface area contributed by atoms with Gasteiger partial charge in [-0.05, 0) is 109 Å². The first kappa shape index (κ1) is 84.9. The van der Waals surface area contributed by atoms with E-state index in [2.05, 4.69) is 111 Å². The molecule has 3 unspecified atom stereocenters. The van der Waals surface area contributed by atoms with Crippen molar-refractivity contribution in [1.29, 1.82) is 0 Å². The van der Waals surface area contributed by atoms with Crippen molar-refractivity contribution in [1.82, 2.24) is 5.32 Å². The van der Waals surface area contributed by atoms with Gasteiger partial charge in [0.1, 0.15) is 19.3 Å². The minimum Gasteiger partial charge on any atom is -0.456 e. The van der Waals surface area contributed by atoms with Gasteiger partial charge in [0.25, 0.3) is 0 Å². The third-order valence-electron chi connectivity index (χ3n) is 16.3. The van der Waals surface area contributed by atoms with Gasteiger partial charge in [-0.3, -0.25) is 18.6 Å². The predicted octanol–water partition coefficient (Wildman–Crippen LogP) is 23.8. The molecule has 0 aromatic heterocycles. The second kappa shape index (κ2) is 66.8. The van der Waals surface area contributed by atoms with E-state index in [4.69, 9.17) is 13.8 Å². The normalized spacial score (nSPS) is 14.0. The Morgan fingerprint density at radius 2 is 0.727 bits per heavy atom. The summed E-state index contributed by atoms with van der Waals surface area (Å²) in [5.41, 5.74) is 0. The molecule has 0 aliphatic heterocycles. The number of hydrogen-bond donors (Lipinski definition) is 2. The topological polar surface area (TPSA) is 111 Å². The van der Waals surface area contributed by atoms with Crippen LogP contribution in [0.4, 0.5) is 0 Å². The number of carbonyl (C=O) groups excluding carboxylic acids is 2. The minimum absolute atomic E-state index is 0.0369. The van der Waals surface area contributed by atoms with Gasteiger partial charge in [-0.2, -0.15) is 0 Å². The molecule has 2 N–H and O–H groups in total. The molecule has 88 heavy (non-hydrogen) atoms. The van der Waals surface area contributed by atoms with Crippen molar-refractivity contribution in [2.45, 2.75) is 348 Å². The Balaban J connectivity index is 5.01. The maximum Gasteiger partial charge on any atom is 0.472 e. The Bertz CT molecular complexity index is 1830. The molecule has 0 heterocycles. The monoisotopic (exact) mass is 1250 g/mol. The van der Waals surface area contributed by atoms with Crippen LogP contribution in [0.3, 0.4) is 0 Å². The van der Waals surface area contributed by atoms with E-state index >= 15 is 0 Å². The van der Waals surface area contributed by atoms with E-state index < -0.39 is 20.0 Å². The smallest absolute Gasteiger partial charge is 0.456 e. The lowest BCUT2D eigenvalue weighted by Gasteiger charge is -2.27. The van der Waals surface area contributed by atoms with Gasteiger partial charge in [0.15, 0.2) is 0 Å². The molecule has 0 aromatic carbocycles. The number of allylic oxidation sites excluding steroid dienone is 15. The first-order chi connectivity index (χ1) is 42.9. The molecule has 0 fully saturated rings. The third-order valence-corrected chi connectivity index (χ3v) is 17.2. The van der Waals surface area contributed by atoms with Crippen molar-refractivity contribution in [3.8, 4) is 0 Å². The second-order valence-corrected chi connectivity index (χ2v) is 27.5. The van der Waals surface area contributed by atoms with Gasteiger partial charge in [0, 0.05) is 12.8 Å². The lowest BCUT2D eigenvalue weighted by Crippen LogP contribution is -2.47. The van der Waals surface area contributed by atoms with Gasteiger partial charge in [-0.1, -0.05) is 311 Å². The summed E-state index contributed by atoms with van der Waals surface area (Å²) in [5.74, 6) is -0.502. The summed E-state index contributed by atoms with van der Waals surface area (Å²) in [6.45, 7) is 6.90. The molecule has 0 aliphatic carbocycles. The van der Waals surface area contributed by atoms with Crippen LogP contribution < -0.4 is 5.32 Å². The van der Waals surface area contributed by atoms with Crippen molar-refractivity contribution in [3.05, 3.63) is 97.2 Å². The molecule has 0 saturated heterocycles. The van der Waals surface area contributed by atoms with Gasteiger partial charge in [-0.15, -0.1) is 0 Å². The largest absolute Gasteiger partial charge is 0.472 e. The molecule has 0 radical (unpaired) electrons. The number of nitrogens with one attached hydrogen (secondary N) is 1. The van der Waals surface area contributed by atoms with Crippen molar-refractivity contribution in [3.63, 3.8) is 0 Å². The van der Waals surface area contributed by atoms with Crippen LogP contribution in [0.25, 0.3) is 0 Å². The molecule has 0 bridgehead atoms. The number of nitrogens with zero attached hydrogens (tertiary/aromatic N) is 1. The number of ether oxygens (including phenoxy) is 1. The van der Waals surface area contributed by atoms with Crippen molar-refractivity contribution < 1.29 is 37.3 Å². The highest BCUT2D eigenvalue weighted by Gasteiger charge is 2.30. The number of phosphoric acid groups is 1. The molecule has 0 spiro atoms. The Kier molecular flexibility index (Phi) is 64.5. The minimum atomic E-state index is -4.46. The van der Waals surface area contributed by atoms with Crippen LogP contribution in [0, 0.1) is 0 Å². The average Bonchev–Trinajstić information content (AvgIpc) is 3.66. The number of unbranched alkanes of at least 4 members (excludes halogenated alkanes) is 37. The fourth-order valence-electron chi connectivity index (χ4n) is 10.6. The summed E-state index contributed by atoms with van der Waals surface area (Å²) in [6, 6.07) is -0.856. The van der Waals surface area contributed by atoms with Crippen LogP contribution in [0.5, 0.6) is 0 Å². The van der Waals surface area contributed by atoms with Crippen LogP contribution in [0.1, 0.15) is 335 Å². The van der Waals surface area contributed by atoms with Crippen molar-refractivity contribution in [2.24, 2.45) is 0 Å². The Morgan fingerprint density at radius 1 is 0.409 bits per heavy atom. The summed E-state index contributed by atoms with van der Waals surface area (Å²) in [7, 11) is 1.49. The summed E-state index contributed by atoms with van der Waals surface area (Å²) in [5, 5.41) is 3.07. The highest BCUT2D eigenvalue weighted by Crippen LogP contribution is 2.43. The van der Waals surface area contributed by atoms with Gasteiger partial charge in [0.05, 0.1) is 33.8 Å². The molecular formula is C78H142N2O7P+. The number of rotatable bonds is 67. The number of carbonyl (C=O) groups is 2. The molecule has 510 valence electrons. The third kappa shape index (κ3) is 67.3. The number of hydrogen-bond acceptors (Lipinski definition) is 6. The van der Waals surface area contributed by atoms with E-state index in [1.807, 2.05) is 33.3 Å². The fourth-order valence-corrected chi connectivity index (χ4v) is 11.3. The van der Waals surface area contributed by atoms with Crippen LogP contribution in [-0.4, -0.2) is 74.3 Å². The molecule has 0 saturated carbocycles. The number of quaternary nitrogens is 1. The Hall–Kier alpha value is -3.07. The van der Waals surface area contributed by atoms with E-state index in [1.165, 1.54) is 205 Å². The zero-order valence-electron chi connectivity index (χ0n) is 58.5. The molecule has 10 heteroatoms. The Morgan fingerprint density at radius 3 is 1.11 bits per heavy atom. The number of esters is 1. The quantitative estimate of drug-likeness (QED) is 0.0205. The first-order valence-corrected chi connectivity index (χ1v) is 38.6. The zero-order valence-corrected chi connectivity index (χ0v) is 59.3. The SMILES string of the molecule is CC/C=C\C/C=C\C/C=C\C/C=C\C/C=C\CCCCCCCCCCCCCC(=O)NC(COP(=O)(O)OCC[N+](C)(C)C)C(/C=C\CCCCCCCCCCCC)OC(=O)CCCCCCCCCCCCCCC/C=C\C/C=C\CCCCC. The maximum atomic E-state index is 13.6. The average molecular weight is 1250 g/mol. The highest BCUT2D eigenvalue weighted by atomic mass is 31.2. The van der Waals surface area contributed by atoms with Crippen LogP contribution in [0.2, 0.25) is 0 Å². The zero-order chi connectivity index (χ0) is 64.2. The van der Waals surface area contributed by atoms with Crippen molar-refractivity contribution in [2.75, 3.05) is 40.9 Å². The van der Waals surface area contributed by atoms with E-state index in [0.29, 0.717) is 17.4 Å². The van der Waals surface area contributed by atoms with Crippen LogP contribution in [0.15, 0.2) is 97.2 Å². The predicted molar refractivity (Wildman–Crippen MR) is 383 cm³/mol. The highest BCUT2D eigenvalue weighted by molar-refractivity contribution is 7.47. The van der Waals surface area contributed by atoms with Gasteiger partial charge in [0.2, 0.25) is 5.91 Å². The van der Waals surface area contributed by atoms with Gasteiger partial charge < -0.3 is 19.4 Å². The number of amides is 1. The molecule has 0 rings (SSSR count). The van der Waals surface area contributed by atoms with Gasteiger partial charge in [-0.25, -0.2) is 4.57 Å². The molecule has 0 aromatic rings. The summed E-state index contributed by atoms with van der Waals surface area (Å²) >= 11 is 0. The molecule has 0 aliphatic rings. The lowest BCUT2D eigenvalue weighted by atomic mass is 10.0. The number of phosphoric ester groups is 1. The Labute approximate surface area is 545 Å². The molecule has 9 nitrogen and oxygen atoms in total. The van der Waals surface area contributed by atoms with Crippen LogP contribution >= 0.6 is 7.82 Å². The summed E-state index contributed by atoms with van der Waals surface area (Å²) < 4.78 is 30.9. The van der Waals surface area contributed by atoms with Crippen molar-refractivity contribution >= 4 is 19.7 Å². The molecular weight excluding hydrogens is 1110 g/mol. The maximum absolute atomic E-state index is 13.6. The lowest BCUT2D eigenvalue weighted by molar-refractivity contribution is -0.870. The van der Waals surface area contributed by atoms with Gasteiger partial charge >= 0.3 is 13.8 Å². The summed E-state index contributed by atoms with van der Waals surface area (Å²) in [4.78, 5) is 38.0. The van der Waals surface area contributed by atoms with Crippen LogP contribution in [-0.2, 0) is 27.9 Å². The fraction of sp³-hybridized carbons (Fsp3) is 0.769. The first-order valence-electron chi connectivity index (χ1n) is 37.1. The standard InChI is InChI=1S/C78H141N2O7P/c1-7-10-13-16-19-22-25-28-30-32-34-36-38-39-40-41-43-44-46-48-50-52-55-58-61-64-67-70-77(81)79-75(74-86-88(83,84)85-73-72-80(4,5)6)76(69-66-63-60-57-54-27-24-21-18-15-12-9-3)87-78(82)71-68-65-62-59-56-53-51-49-47-45-42-37-35-33-31-29-26-23-20-17-14-11-8-2/h10,13,19-20,22-23,28-31,34,36,39-40,66,69,75-76H,7-9,11-12,14-18,21,24-27,32-33,35,37-38,41-65,67-68,70-74H2,1-6H3,(H-,79,81,83,84)/p+1/b13-10-,22-19-,23-20-,30-28-,31-29-,36-34-,40-39-,69-66-. The molecule has 3 atom stereocenters. The number of likely N-dealkylation sites (N-methyl/N-ethyl adjacent to an activating group) is 1. The van der Waals surface area contributed by atoms with E-state index in [9.17, 15) is 19.0 Å². The molecule has 1 amide bonds. The van der Waals surface area contributed by atoms with E-state index in [1.54, 1.807) is 0 Å². The van der Waals surface area contributed by atoms with E-state index in [-0.39, 0.29) is 31.5 Å². The second-order valence-electron chi connectivity index (χ2n) is 26.1. The summed E-state index contributed by atoms with van der Waals surface area (Å²) in [6.07, 6.45) is 91.4. The van der Waals surface area contributed by atoms with E-state index in [0.717, 1.165) is 96.3 Å².